The van der Waals surface area contributed by atoms with Crippen molar-refractivity contribution in [3.8, 4) is 0 Å². The molecule has 4 heteroatoms. The number of benzene rings is 1. The Bertz CT molecular complexity index is 618. The summed E-state index contributed by atoms with van der Waals surface area (Å²) < 4.78 is 3.09. The van der Waals surface area contributed by atoms with Crippen molar-refractivity contribution in [1.82, 2.24) is 9.78 Å². The lowest BCUT2D eigenvalue weighted by Gasteiger charge is -2.16. The van der Waals surface area contributed by atoms with Crippen LogP contribution in [-0.4, -0.2) is 9.78 Å². The first-order valence-electron chi connectivity index (χ1n) is 6.59. The highest BCUT2D eigenvalue weighted by molar-refractivity contribution is 9.10. The first kappa shape index (κ1) is 12.9. The molecule has 0 amide bonds. The maximum Gasteiger partial charge on any atom is 0.0738 e. The first-order chi connectivity index (χ1) is 9.08. The summed E-state index contributed by atoms with van der Waals surface area (Å²) in [5.41, 5.74) is 11.4. The van der Waals surface area contributed by atoms with E-state index in [0.29, 0.717) is 5.92 Å². The van der Waals surface area contributed by atoms with Crippen LogP contribution < -0.4 is 5.73 Å². The lowest BCUT2D eigenvalue weighted by atomic mass is 9.96. The van der Waals surface area contributed by atoms with Crippen LogP contribution in [0.1, 0.15) is 28.6 Å². The maximum absolute atomic E-state index is 6.40. The minimum absolute atomic E-state index is 0.137. The Morgan fingerprint density at radius 1 is 1.42 bits per heavy atom. The van der Waals surface area contributed by atoms with E-state index in [9.17, 15) is 0 Å². The third-order valence-corrected chi connectivity index (χ3v) is 5.15. The molecular weight excluding hydrogens is 302 g/mol. The van der Waals surface area contributed by atoms with Crippen molar-refractivity contribution in [2.75, 3.05) is 0 Å². The highest BCUT2D eigenvalue weighted by Gasteiger charge is 2.30. The van der Waals surface area contributed by atoms with Gasteiger partial charge in [-0.15, -0.1) is 0 Å². The summed E-state index contributed by atoms with van der Waals surface area (Å²) in [4.78, 5) is 0. The Balaban J connectivity index is 1.87. The minimum atomic E-state index is 0.137. The van der Waals surface area contributed by atoms with Crippen LogP contribution in [0.3, 0.4) is 0 Å². The minimum Gasteiger partial charge on any atom is -0.324 e. The Morgan fingerprint density at radius 2 is 2.16 bits per heavy atom. The summed E-state index contributed by atoms with van der Waals surface area (Å²) in [6, 6.07) is 8.66. The van der Waals surface area contributed by atoms with Gasteiger partial charge in [-0.3, -0.25) is 4.68 Å². The maximum atomic E-state index is 6.40. The number of halogens is 1. The van der Waals surface area contributed by atoms with Crippen LogP contribution in [0.2, 0.25) is 0 Å². The number of nitrogens with two attached hydrogens (primary N) is 1. The second kappa shape index (κ2) is 4.76. The number of fused-ring (bicyclic) bond motifs is 1. The summed E-state index contributed by atoms with van der Waals surface area (Å²) in [6.45, 7) is 2.02. The smallest absolute Gasteiger partial charge is 0.0738 e. The lowest BCUT2D eigenvalue weighted by Crippen LogP contribution is -2.20. The zero-order valence-corrected chi connectivity index (χ0v) is 12.8. The summed E-state index contributed by atoms with van der Waals surface area (Å²) >= 11 is 3.64. The van der Waals surface area contributed by atoms with Gasteiger partial charge in [-0.2, -0.15) is 5.10 Å². The molecule has 1 aliphatic carbocycles. The third kappa shape index (κ3) is 2.13. The van der Waals surface area contributed by atoms with Gasteiger partial charge in [-0.1, -0.05) is 24.3 Å². The van der Waals surface area contributed by atoms with Gasteiger partial charge < -0.3 is 5.73 Å². The molecule has 100 valence electrons. The lowest BCUT2D eigenvalue weighted by molar-refractivity contribution is 0.450. The van der Waals surface area contributed by atoms with Crippen LogP contribution in [0, 0.1) is 12.8 Å². The molecule has 0 saturated heterocycles. The quantitative estimate of drug-likeness (QED) is 0.925. The molecule has 1 heterocycles. The van der Waals surface area contributed by atoms with Gasteiger partial charge in [0.1, 0.15) is 0 Å². The van der Waals surface area contributed by atoms with E-state index in [4.69, 9.17) is 5.73 Å². The molecule has 3 rings (SSSR count). The van der Waals surface area contributed by atoms with Gasteiger partial charge in [-0.25, -0.2) is 0 Å². The Labute approximate surface area is 121 Å². The number of hydrogen-bond donors (Lipinski definition) is 1. The van der Waals surface area contributed by atoms with E-state index in [2.05, 4.69) is 45.3 Å². The average Bonchev–Trinajstić information content (AvgIpc) is 2.83. The fraction of sp³-hybridized carbons (Fsp3) is 0.400. The molecular formula is C15H18BrN3. The number of rotatable bonds is 2. The van der Waals surface area contributed by atoms with Crippen LogP contribution in [-0.2, 0) is 19.9 Å². The second-order valence-corrected chi connectivity index (χ2v) is 6.16. The van der Waals surface area contributed by atoms with E-state index in [1.165, 1.54) is 16.8 Å². The van der Waals surface area contributed by atoms with Crippen LogP contribution in [0.5, 0.6) is 0 Å². The average molecular weight is 320 g/mol. The Kier molecular flexibility index (Phi) is 3.23. The highest BCUT2D eigenvalue weighted by atomic mass is 79.9. The molecule has 0 saturated carbocycles. The van der Waals surface area contributed by atoms with Crippen molar-refractivity contribution >= 4 is 15.9 Å². The SMILES string of the molecule is Cc1nn(C)c(CC2Cc3ccccc3C2N)c1Br. The molecule has 3 nitrogen and oxygen atoms in total. The fourth-order valence-corrected chi connectivity index (χ4v) is 3.56. The number of aromatic nitrogens is 2. The molecule has 1 aromatic heterocycles. The van der Waals surface area contributed by atoms with Crippen molar-refractivity contribution in [2.45, 2.75) is 25.8 Å². The molecule has 1 aliphatic rings. The molecule has 0 bridgehead atoms. The number of aryl methyl sites for hydroxylation is 2. The van der Waals surface area contributed by atoms with Crippen molar-refractivity contribution in [1.29, 1.82) is 0 Å². The summed E-state index contributed by atoms with van der Waals surface area (Å²) in [5.74, 6) is 0.462. The van der Waals surface area contributed by atoms with Crippen LogP contribution in [0.15, 0.2) is 28.7 Å². The zero-order chi connectivity index (χ0) is 13.6. The number of hydrogen-bond acceptors (Lipinski definition) is 2. The standard InChI is InChI=1S/C15H18BrN3/c1-9-14(16)13(19(2)18-9)8-11-7-10-5-3-4-6-12(10)15(11)17/h3-6,11,15H,7-8,17H2,1-2H3. The van der Waals surface area contributed by atoms with Crippen molar-refractivity contribution in [3.63, 3.8) is 0 Å². The van der Waals surface area contributed by atoms with Gasteiger partial charge in [0.25, 0.3) is 0 Å². The predicted molar refractivity (Wildman–Crippen MR) is 79.9 cm³/mol. The van der Waals surface area contributed by atoms with E-state index in [1.807, 2.05) is 18.7 Å². The summed E-state index contributed by atoms with van der Waals surface area (Å²) in [7, 11) is 2.00. The van der Waals surface area contributed by atoms with Crippen LogP contribution in [0.4, 0.5) is 0 Å². The molecule has 0 spiro atoms. The third-order valence-electron chi connectivity index (χ3n) is 4.12. The zero-order valence-electron chi connectivity index (χ0n) is 11.2. The molecule has 2 atom stereocenters. The largest absolute Gasteiger partial charge is 0.324 e. The molecule has 0 aliphatic heterocycles. The van der Waals surface area contributed by atoms with Crippen LogP contribution >= 0.6 is 15.9 Å². The van der Waals surface area contributed by atoms with E-state index >= 15 is 0 Å². The Hall–Kier alpha value is -1.13. The van der Waals surface area contributed by atoms with Crippen LogP contribution in [0.25, 0.3) is 0 Å². The van der Waals surface area contributed by atoms with E-state index < -0.39 is 0 Å². The summed E-state index contributed by atoms with van der Waals surface area (Å²) in [6.07, 6.45) is 2.03. The second-order valence-electron chi connectivity index (χ2n) is 5.36. The van der Waals surface area contributed by atoms with Gasteiger partial charge in [0.15, 0.2) is 0 Å². The van der Waals surface area contributed by atoms with Crippen molar-refractivity contribution in [2.24, 2.45) is 18.7 Å². The summed E-state index contributed by atoms with van der Waals surface area (Å²) in [5, 5.41) is 4.46. The number of nitrogens with zero attached hydrogens (tertiary/aromatic N) is 2. The van der Waals surface area contributed by atoms with Crippen molar-refractivity contribution < 1.29 is 0 Å². The van der Waals surface area contributed by atoms with Gasteiger partial charge in [0, 0.05) is 13.1 Å². The molecule has 1 aromatic carbocycles. The topological polar surface area (TPSA) is 43.8 Å². The first-order valence-corrected chi connectivity index (χ1v) is 7.38. The molecule has 2 N–H and O–H groups in total. The Morgan fingerprint density at radius 3 is 2.79 bits per heavy atom. The molecule has 2 unspecified atom stereocenters. The van der Waals surface area contributed by atoms with Gasteiger partial charge >= 0.3 is 0 Å². The van der Waals surface area contributed by atoms with Gasteiger partial charge in [-0.05, 0) is 52.7 Å². The van der Waals surface area contributed by atoms with E-state index in [0.717, 1.165) is 23.0 Å². The molecule has 2 aromatic rings. The van der Waals surface area contributed by atoms with E-state index in [-0.39, 0.29) is 6.04 Å². The normalized spacial score (nSPS) is 21.7. The van der Waals surface area contributed by atoms with Gasteiger partial charge in [0.2, 0.25) is 0 Å². The van der Waals surface area contributed by atoms with Gasteiger partial charge in [0.05, 0.1) is 15.9 Å². The fourth-order valence-electron chi connectivity index (χ4n) is 3.06. The van der Waals surface area contributed by atoms with E-state index in [1.54, 1.807) is 0 Å². The molecule has 0 fully saturated rings. The monoisotopic (exact) mass is 319 g/mol. The molecule has 19 heavy (non-hydrogen) atoms. The predicted octanol–water partition coefficient (Wildman–Crippen LogP) is 2.91. The molecule has 0 radical (unpaired) electrons. The highest BCUT2D eigenvalue weighted by Crippen LogP contribution is 2.37. The van der Waals surface area contributed by atoms with Crippen molar-refractivity contribution in [3.05, 3.63) is 51.3 Å².